The number of hydrogen-bond donors (Lipinski definition) is 0. The van der Waals surface area contributed by atoms with E-state index in [1.165, 1.54) is 0 Å². The quantitative estimate of drug-likeness (QED) is 0.251. The Balaban J connectivity index is 1.81. The zero-order chi connectivity index (χ0) is 33.1. The van der Waals surface area contributed by atoms with Gasteiger partial charge in [0.25, 0.3) is 5.91 Å². The van der Waals surface area contributed by atoms with Crippen LogP contribution >= 0.6 is 0 Å². The van der Waals surface area contributed by atoms with Crippen LogP contribution in [0, 0.1) is 11.8 Å². The van der Waals surface area contributed by atoms with Crippen LogP contribution in [-0.4, -0.2) is 97.8 Å². The number of amides is 3. The Kier molecular flexibility index (Phi) is 13.3. The highest BCUT2D eigenvalue weighted by Crippen LogP contribution is 2.29. The van der Waals surface area contributed by atoms with Crippen molar-refractivity contribution in [1.29, 1.82) is 0 Å². The zero-order valence-corrected chi connectivity index (χ0v) is 28.5. The maximum absolute atomic E-state index is 14.0. The summed E-state index contributed by atoms with van der Waals surface area (Å²) in [6, 6.07) is 15.3. The molecule has 1 saturated heterocycles. The lowest BCUT2D eigenvalue weighted by Crippen LogP contribution is -2.44. The van der Waals surface area contributed by atoms with Gasteiger partial charge in [0, 0.05) is 76.8 Å². The van der Waals surface area contributed by atoms with E-state index in [2.05, 4.69) is 6.92 Å². The van der Waals surface area contributed by atoms with E-state index in [1.54, 1.807) is 16.9 Å². The average molecular weight is 624 g/mol. The first-order valence-corrected chi connectivity index (χ1v) is 16.1. The van der Waals surface area contributed by atoms with Gasteiger partial charge < -0.3 is 28.9 Å². The van der Waals surface area contributed by atoms with Crippen molar-refractivity contribution in [1.82, 2.24) is 14.7 Å². The molecule has 1 fully saturated rings. The molecule has 0 N–H and O–H groups in total. The summed E-state index contributed by atoms with van der Waals surface area (Å²) in [5.41, 5.74) is 1.95. The SMILES string of the molecule is CCc1ccc(C(=O)N(C[C@@H]2CN(C(=O)OC(C)(C)C)C[C@H]2CN(C)C(=O)Cc2ccccc2)C(C)C)cc1OCCCOC. The van der Waals surface area contributed by atoms with Crippen LogP contribution in [-0.2, 0) is 27.1 Å². The highest BCUT2D eigenvalue weighted by Gasteiger charge is 2.40. The molecule has 45 heavy (non-hydrogen) atoms. The smallest absolute Gasteiger partial charge is 0.410 e. The largest absolute Gasteiger partial charge is 0.493 e. The summed E-state index contributed by atoms with van der Waals surface area (Å²) in [5.74, 6) is 0.574. The van der Waals surface area contributed by atoms with Gasteiger partial charge in [-0.05, 0) is 64.3 Å². The van der Waals surface area contributed by atoms with Gasteiger partial charge in [-0.3, -0.25) is 9.59 Å². The van der Waals surface area contributed by atoms with E-state index >= 15 is 0 Å². The number of likely N-dealkylation sites (tertiary alicyclic amines) is 1. The number of likely N-dealkylation sites (N-methyl/N-ethyl adjacent to an activating group) is 1. The van der Waals surface area contributed by atoms with E-state index in [0.717, 1.165) is 29.7 Å². The molecule has 0 spiro atoms. The third-order valence-electron chi connectivity index (χ3n) is 8.12. The van der Waals surface area contributed by atoms with Gasteiger partial charge in [-0.1, -0.05) is 43.3 Å². The van der Waals surface area contributed by atoms with E-state index in [-0.39, 0.29) is 35.8 Å². The van der Waals surface area contributed by atoms with Crippen molar-refractivity contribution in [2.75, 3.05) is 53.6 Å². The molecule has 0 bridgehead atoms. The molecule has 0 aromatic heterocycles. The van der Waals surface area contributed by atoms with Gasteiger partial charge >= 0.3 is 6.09 Å². The first-order chi connectivity index (χ1) is 21.3. The topological polar surface area (TPSA) is 88.6 Å². The van der Waals surface area contributed by atoms with Crippen molar-refractivity contribution in [3.8, 4) is 5.75 Å². The molecular weight excluding hydrogens is 570 g/mol. The third kappa shape index (κ3) is 10.8. The van der Waals surface area contributed by atoms with Crippen molar-refractivity contribution < 1.29 is 28.6 Å². The molecule has 1 heterocycles. The van der Waals surface area contributed by atoms with Crippen LogP contribution in [0.25, 0.3) is 0 Å². The lowest BCUT2D eigenvalue weighted by Gasteiger charge is -2.32. The van der Waals surface area contributed by atoms with E-state index in [0.29, 0.717) is 51.4 Å². The molecule has 248 valence electrons. The van der Waals surface area contributed by atoms with Crippen LogP contribution in [0.4, 0.5) is 4.79 Å². The summed E-state index contributed by atoms with van der Waals surface area (Å²) in [4.78, 5) is 45.7. The maximum atomic E-state index is 14.0. The van der Waals surface area contributed by atoms with Crippen molar-refractivity contribution in [2.45, 2.75) is 72.4 Å². The minimum atomic E-state index is -0.624. The molecule has 0 aliphatic carbocycles. The van der Waals surface area contributed by atoms with Gasteiger partial charge in [-0.2, -0.15) is 0 Å². The summed E-state index contributed by atoms with van der Waals surface area (Å²) >= 11 is 0. The number of carbonyl (C=O) groups is 3. The lowest BCUT2D eigenvalue weighted by molar-refractivity contribution is -0.129. The number of ether oxygens (including phenoxy) is 3. The van der Waals surface area contributed by atoms with Crippen LogP contribution in [0.3, 0.4) is 0 Å². The molecule has 1 aliphatic rings. The van der Waals surface area contributed by atoms with E-state index in [1.807, 2.05) is 95.1 Å². The molecule has 1 aliphatic heterocycles. The summed E-state index contributed by atoms with van der Waals surface area (Å²) < 4.78 is 16.9. The second-order valence-electron chi connectivity index (χ2n) is 13.3. The molecule has 0 saturated carbocycles. The summed E-state index contributed by atoms with van der Waals surface area (Å²) in [5, 5.41) is 0. The van der Waals surface area contributed by atoms with Crippen molar-refractivity contribution in [2.24, 2.45) is 11.8 Å². The number of rotatable bonds is 14. The first kappa shape index (κ1) is 35.9. The Morgan fingerprint density at radius 2 is 1.64 bits per heavy atom. The number of benzene rings is 2. The van der Waals surface area contributed by atoms with Crippen molar-refractivity contribution in [3.05, 3.63) is 65.2 Å². The Morgan fingerprint density at radius 1 is 0.978 bits per heavy atom. The normalized spacial score (nSPS) is 16.5. The summed E-state index contributed by atoms with van der Waals surface area (Å²) in [6.07, 6.45) is 1.49. The average Bonchev–Trinajstić information content (AvgIpc) is 3.39. The molecule has 9 nitrogen and oxygen atoms in total. The van der Waals surface area contributed by atoms with Gasteiger partial charge in [0.15, 0.2) is 0 Å². The fourth-order valence-corrected chi connectivity index (χ4v) is 5.63. The number of aryl methyl sites for hydroxylation is 1. The van der Waals surface area contributed by atoms with Crippen molar-refractivity contribution >= 4 is 17.9 Å². The monoisotopic (exact) mass is 623 g/mol. The fourth-order valence-electron chi connectivity index (χ4n) is 5.63. The number of methoxy groups -OCH3 is 1. The van der Waals surface area contributed by atoms with E-state index < -0.39 is 5.60 Å². The van der Waals surface area contributed by atoms with Gasteiger partial charge in [0.1, 0.15) is 11.4 Å². The van der Waals surface area contributed by atoms with Crippen LogP contribution in [0.2, 0.25) is 0 Å². The number of nitrogens with zero attached hydrogens (tertiary/aromatic N) is 3. The van der Waals surface area contributed by atoms with E-state index in [4.69, 9.17) is 14.2 Å². The van der Waals surface area contributed by atoms with Gasteiger partial charge in [0.05, 0.1) is 13.0 Å². The molecule has 9 heteroatoms. The lowest BCUT2D eigenvalue weighted by atomic mass is 9.93. The highest BCUT2D eigenvalue weighted by molar-refractivity contribution is 5.95. The molecule has 2 aromatic rings. The predicted molar refractivity (Wildman–Crippen MR) is 177 cm³/mol. The zero-order valence-electron chi connectivity index (χ0n) is 28.5. The molecule has 3 amide bonds. The maximum Gasteiger partial charge on any atom is 0.410 e. The van der Waals surface area contributed by atoms with Crippen molar-refractivity contribution in [3.63, 3.8) is 0 Å². The third-order valence-corrected chi connectivity index (χ3v) is 8.12. The van der Waals surface area contributed by atoms with Gasteiger partial charge in [0.2, 0.25) is 5.91 Å². The second-order valence-corrected chi connectivity index (χ2v) is 13.3. The Bertz CT molecular complexity index is 1260. The molecular formula is C36H53N3O6. The Hall–Kier alpha value is -3.59. The highest BCUT2D eigenvalue weighted by atomic mass is 16.6. The Morgan fingerprint density at radius 3 is 2.24 bits per heavy atom. The van der Waals surface area contributed by atoms with Crippen LogP contribution in [0.5, 0.6) is 5.75 Å². The molecule has 2 atom stereocenters. The van der Waals surface area contributed by atoms with Crippen LogP contribution in [0.1, 0.15) is 69.4 Å². The number of carbonyl (C=O) groups excluding carboxylic acids is 3. The fraction of sp³-hybridized carbons (Fsp3) is 0.583. The molecule has 2 aromatic carbocycles. The predicted octanol–water partition coefficient (Wildman–Crippen LogP) is 5.70. The standard InChI is InChI=1S/C36H53N3O6/c1-9-28-16-17-29(21-32(28)44-19-13-18-43-8)34(41)39(26(2)3)25-31-24-38(35(42)45-36(4,5)6)23-30(31)22-37(7)33(40)20-27-14-11-10-12-15-27/h10-12,14-17,21,26,30-31H,9,13,18-20,22-25H2,1-8H3/t30-,31+/m1/s1. The first-order valence-electron chi connectivity index (χ1n) is 16.1. The van der Waals surface area contributed by atoms with E-state index in [9.17, 15) is 14.4 Å². The molecule has 3 rings (SSSR count). The Labute approximate surface area is 269 Å². The summed E-state index contributed by atoms with van der Waals surface area (Å²) in [6.45, 7) is 14.6. The number of hydrogen-bond acceptors (Lipinski definition) is 6. The second kappa shape index (κ2) is 16.6. The van der Waals surface area contributed by atoms with Crippen LogP contribution < -0.4 is 4.74 Å². The van der Waals surface area contributed by atoms with Gasteiger partial charge in [-0.15, -0.1) is 0 Å². The minimum Gasteiger partial charge on any atom is -0.493 e. The summed E-state index contributed by atoms with van der Waals surface area (Å²) in [7, 11) is 3.48. The van der Waals surface area contributed by atoms with Gasteiger partial charge in [-0.25, -0.2) is 4.79 Å². The molecule has 0 radical (unpaired) electrons. The minimum absolute atomic E-state index is 0.0153. The van der Waals surface area contributed by atoms with Crippen LogP contribution in [0.15, 0.2) is 48.5 Å². The molecule has 0 unspecified atom stereocenters.